The van der Waals surface area contributed by atoms with Gasteiger partial charge in [0.25, 0.3) is 5.91 Å². The smallest absolute Gasteiger partial charge is 0.258 e. The fraction of sp³-hybridized carbons (Fsp3) is 0.267. The summed E-state index contributed by atoms with van der Waals surface area (Å²) in [7, 11) is 1.53. The Balaban J connectivity index is 1.77. The van der Waals surface area contributed by atoms with Crippen molar-refractivity contribution in [2.75, 3.05) is 20.3 Å². The van der Waals surface area contributed by atoms with Gasteiger partial charge in [-0.3, -0.25) is 4.79 Å². The first-order valence-corrected chi connectivity index (χ1v) is 6.43. The van der Waals surface area contributed by atoms with Crippen molar-refractivity contribution in [3.63, 3.8) is 0 Å². The SMILES string of the molecule is COc1ccccc1OCC(=O)NCC(O)c1ccoc1. The fourth-order valence-corrected chi connectivity index (χ4v) is 1.73. The summed E-state index contributed by atoms with van der Waals surface area (Å²) in [6.45, 7) is -0.0634. The summed E-state index contributed by atoms with van der Waals surface area (Å²) in [5.74, 6) is 0.720. The van der Waals surface area contributed by atoms with Gasteiger partial charge in [-0.25, -0.2) is 0 Å². The van der Waals surface area contributed by atoms with Gasteiger partial charge < -0.3 is 24.3 Å². The van der Waals surface area contributed by atoms with Crippen molar-refractivity contribution in [3.8, 4) is 11.5 Å². The molecular formula is C15H17NO5. The van der Waals surface area contributed by atoms with Crippen molar-refractivity contribution in [2.24, 2.45) is 0 Å². The molecule has 112 valence electrons. The van der Waals surface area contributed by atoms with Gasteiger partial charge in [0.15, 0.2) is 18.1 Å². The minimum Gasteiger partial charge on any atom is -0.493 e. The lowest BCUT2D eigenvalue weighted by atomic mass is 10.2. The second-order valence-corrected chi connectivity index (χ2v) is 4.32. The van der Waals surface area contributed by atoms with Crippen LogP contribution in [0.15, 0.2) is 47.3 Å². The zero-order valence-corrected chi connectivity index (χ0v) is 11.6. The molecule has 0 radical (unpaired) electrons. The Morgan fingerprint density at radius 1 is 1.33 bits per heavy atom. The molecule has 2 N–H and O–H groups in total. The van der Waals surface area contributed by atoms with Crippen LogP contribution in [-0.2, 0) is 4.79 Å². The van der Waals surface area contributed by atoms with E-state index in [2.05, 4.69) is 5.32 Å². The van der Waals surface area contributed by atoms with Gasteiger partial charge >= 0.3 is 0 Å². The Labute approximate surface area is 122 Å². The summed E-state index contributed by atoms with van der Waals surface area (Å²) in [4.78, 5) is 11.7. The van der Waals surface area contributed by atoms with Crippen molar-refractivity contribution in [2.45, 2.75) is 6.10 Å². The number of para-hydroxylation sites is 2. The van der Waals surface area contributed by atoms with Gasteiger partial charge in [-0.2, -0.15) is 0 Å². The second-order valence-electron chi connectivity index (χ2n) is 4.32. The Morgan fingerprint density at radius 3 is 2.76 bits per heavy atom. The number of methoxy groups -OCH3 is 1. The van der Waals surface area contributed by atoms with Crippen molar-refractivity contribution in [1.29, 1.82) is 0 Å². The van der Waals surface area contributed by atoms with E-state index in [9.17, 15) is 9.90 Å². The van der Waals surface area contributed by atoms with E-state index in [-0.39, 0.29) is 19.1 Å². The van der Waals surface area contributed by atoms with Crippen molar-refractivity contribution in [3.05, 3.63) is 48.4 Å². The highest BCUT2D eigenvalue weighted by Crippen LogP contribution is 2.25. The van der Waals surface area contributed by atoms with Gasteiger partial charge in [-0.05, 0) is 18.2 Å². The lowest BCUT2D eigenvalue weighted by Gasteiger charge is -2.12. The van der Waals surface area contributed by atoms with E-state index in [0.717, 1.165) is 0 Å². The van der Waals surface area contributed by atoms with E-state index in [1.165, 1.54) is 19.6 Å². The van der Waals surface area contributed by atoms with Crippen LogP contribution < -0.4 is 14.8 Å². The van der Waals surface area contributed by atoms with E-state index >= 15 is 0 Å². The number of amides is 1. The quantitative estimate of drug-likeness (QED) is 0.808. The molecule has 0 spiro atoms. The molecule has 1 aromatic heterocycles. The van der Waals surface area contributed by atoms with Crippen LogP contribution in [0.5, 0.6) is 11.5 Å². The minimum atomic E-state index is -0.807. The maximum Gasteiger partial charge on any atom is 0.258 e. The molecule has 0 saturated carbocycles. The Hall–Kier alpha value is -2.47. The molecule has 1 unspecified atom stereocenters. The number of benzene rings is 1. The van der Waals surface area contributed by atoms with Gasteiger partial charge in [0.2, 0.25) is 0 Å². The molecule has 2 aromatic rings. The molecule has 0 fully saturated rings. The molecule has 2 rings (SSSR count). The van der Waals surface area contributed by atoms with Crippen LogP contribution in [0.4, 0.5) is 0 Å². The van der Waals surface area contributed by atoms with Crippen LogP contribution in [0, 0.1) is 0 Å². The molecule has 0 bridgehead atoms. The standard InChI is InChI=1S/C15H17NO5/c1-19-13-4-2-3-5-14(13)21-10-15(18)16-8-12(17)11-6-7-20-9-11/h2-7,9,12,17H,8,10H2,1H3,(H,16,18). The van der Waals surface area contributed by atoms with Crippen LogP contribution in [0.2, 0.25) is 0 Å². The van der Waals surface area contributed by atoms with Crippen molar-refractivity contribution in [1.82, 2.24) is 5.32 Å². The topological polar surface area (TPSA) is 80.9 Å². The molecule has 6 heteroatoms. The van der Waals surface area contributed by atoms with Gasteiger partial charge in [0.05, 0.1) is 25.7 Å². The summed E-state index contributed by atoms with van der Waals surface area (Å²) in [6, 6.07) is 8.70. The highest BCUT2D eigenvalue weighted by molar-refractivity contribution is 5.77. The number of furan rings is 1. The van der Waals surface area contributed by atoms with Gasteiger partial charge in [0, 0.05) is 12.1 Å². The average molecular weight is 291 g/mol. The summed E-state index contributed by atoms with van der Waals surface area (Å²) in [5.41, 5.74) is 0.612. The zero-order valence-electron chi connectivity index (χ0n) is 11.6. The minimum absolute atomic E-state index is 0.0909. The van der Waals surface area contributed by atoms with E-state index < -0.39 is 6.10 Å². The molecule has 0 aliphatic carbocycles. The van der Waals surface area contributed by atoms with Crippen molar-refractivity contribution < 1.29 is 23.8 Å². The fourth-order valence-electron chi connectivity index (χ4n) is 1.73. The highest BCUT2D eigenvalue weighted by atomic mass is 16.5. The zero-order chi connectivity index (χ0) is 15.1. The van der Waals surface area contributed by atoms with Crippen LogP contribution in [0.1, 0.15) is 11.7 Å². The molecule has 1 amide bonds. The first kappa shape index (κ1) is 14.9. The van der Waals surface area contributed by atoms with Crippen LogP contribution in [-0.4, -0.2) is 31.3 Å². The molecule has 6 nitrogen and oxygen atoms in total. The number of ether oxygens (including phenoxy) is 2. The maximum absolute atomic E-state index is 11.7. The number of rotatable bonds is 7. The summed E-state index contributed by atoms with van der Waals surface area (Å²) in [5, 5.41) is 12.4. The third kappa shape index (κ3) is 4.25. The normalized spacial score (nSPS) is 11.7. The predicted octanol–water partition coefficient (Wildman–Crippen LogP) is 1.52. The molecule has 0 aliphatic heterocycles. The molecule has 1 heterocycles. The second kappa shape index (κ2) is 7.35. The first-order chi connectivity index (χ1) is 10.2. The largest absolute Gasteiger partial charge is 0.493 e. The predicted molar refractivity (Wildman–Crippen MR) is 75.2 cm³/mol. The number of carbonyl (C=O) groups is 1. The van der Waals surface area contributed by atoms with Crippen LogP contribution in [0.3, 0.4) is 0 Å². The number of aliphatic hydroxyl groups excluding tert-OH is 1. The third-order valence-corrected chi connectivity index (χ3v) is 2.85. The average Bonchev–Trinajstić information content (AvgIpc) is 3.05. The molecule has 0 saturated heterocycles. The van der Waals surface area contributed by atoms with Gasteiger partial charge in [0.1, 0.15) is 0 Å². The molecule has 1 aromatic carbocycles. The van der Waals surface area contributed by atoms with Crippen LogP contribution in [0.25, 0.3) is 0 Å². The van der Waals surface area contributed by atoms with E-state index in [0.29, 0.717) is 17.1 Å². The molecule has 1 atom stereocenters. The number of hydrogen-bond acceptors (Lipinski definition) is 5. The Kier molecular flexibility index (Phi) is 5.22. The van der Waals surface area contributed by atoms with Crippen LogP contribution >= 0.6 is 0 Å². The molecule has 21 heavy (non-hydrogen) atoms. The van der Waals surface area contributed by atoms with E-state index in [1.54, 1.807) is 24.3 Å². The number of hydrogen-bond donors (Lipinski definition) is 2. The molecular weight excluding hydrogens is 274 g/mol. The number of nitrogens with one attached hydrogen (secondary N) is 1. The first-order valence-electron chi connectivity index (χ1n) is 6.43. The highest BCUT2D eigenvalue weighted by Gasteiger charge is 2.11. The van der Waals surface area contributed by atoms with Gasteiger partial charge in [-0.15, -0.1) is 0 Å². The Bertz CT molecular complexity index is 567. The monoisotopic (exact) mass is 291 g/mol. The molecule has 0 aliphatic rings. The number of aliphatic hydroxyl groups is 1. The third-order valence-electron chi connectivity index (χ3n) is 2.85. The maximum atomic E-state index is 11.7. The number of carbonyl (C=O) groups excluding carboxylic acids is 1. The lowest BCUT2D eigenvalue weighted by molar-refractivity contribution is -0.123. The van der Waals surface area contributed by atoms with Crippen molar-refractivity contribution >= 4 is 5.91 Å². The lowest BCUT2D eigenvalue weighted by Crippen LogP contribution is -2.32. The summed E-state index contributed by atoms with van der Waals surface area (Å²) in [6.07, 6.45) is 2.09. The van der Waals surface area contributed by atoms with E-state index in [1.807, 2.05) is 6.07 Å². The Morgan fingerprint density at radius 2 is 2.10 bits per heavy atom. The summed E-state index contributed by atoms with van der Waals surface area (Å²) >= 11 is 0. The van der Waals surface area contributed by atoms with E-state index in [4.69, 9.17) is 13.9 Å². The summed E-state index contributed by atoms with van der Waals surface area (Å²) < 4.78 is 15.4. The van der Waals surface area contributed by atoms with Gasteiger partial charge in [-0.1, -0.05) is 12.1 Å².